The monoisotopic (exact) mass is 439 g/mol. The molecule has 1 N–H and O–H groups in total. The van der Waals surface area contributed by atoms with Gasteiger partial charge < -0.3 is 5.32 Å². The highest BCUT2D eigenvalue weighted by atomic mass is 35.5. The maximum atomic E-state index is 12.5. The van der Waals surface area contributed by atoms with E-state index in [4.69, 9.17) is 11.6 Å². The Morgan fingerprint density at radius 3 is 2.70 bits per heavy atom. The van der Waals surface area contributed by atoms with Crippen molar-refractivity contribution in [2.75, 3.05) is 13.1 Å². The van der Waals surface area contributed by atoms with E-state index in [2.05, 4.69) is 52.5 Å². The number of carbonyl (C=O) groups is 1. The van der Waals surface area contributed by atoms with E-state index in [1.165, 1.54) is 11.1 Å². The molecule has 1 saturated heterocycles. The Morgan fingerprint density at radius 2 is 1.97 bits per heavy atom. The lowest BCUT2D eigenvalue weighted by Gasteiger charge is -2.32. The summed E-state index contributed by atoms with van der Waals surface area (Å²) in [7, 11) is 0. The van der Waals surface area contributed by atoms with Crippen LogP contribution in [0.1, 0.15) is 29.7 Å². The van der Waals surface area contributed by atoms with Gasteiger partial charge in [0.15, 0.2) is 0 Å². The number of halogens is 1. The van der Waals surface area contributed by atoms with Crippen molar-refractivity contribution in [1.29, 1.82) is 0 Å². The average Bonchev–Trinajstić information content (AvgIpc) is 3.19. The average molecular weight is 440 g/mol. The lowest BCUT2D eigenvalue weighted by Crippen LogP contribution is -2.44. The minimum atomic E-state index is 0.0623. The molecule has 0 aliphatic carbocycles. The molecule has 0 unspecified atom stereocenters. The zero-order valence-electron chi connectivity index (χ0n) is 17.1. The summed E-state index contributed by atoms with van der Waals surface area (Å²) in [5.74, 6) is 0.0623. The van der Waals surface area contributed by atoms with Gasteiger partial charge in [0.25, 0.3) is 0 Å². The third kappa shape index (κ3) is 5.69. The summed E-state index contributed by atoms with van der Waals surface area (Å²) in [4.78, 5) is 19.6. The summed E-state index contributed by atoms with van der Waals surface area (Å²) < 4.78 is 0. The lowest BCUT2D eigenvalue weighted by molar-refractivity contribution is -0.121. The molecular formula is C24H26ClN3OS. The van der Waals surface area contributed by atoms with Gasteiger partial charge in [-0.2, -0.15) is 0 Å². The lowest BCUT2D eigenvalue weighted by atomic mass is 10.0. The summed E-state index contributed by atoms with van der Waals surface area (Å²) in [6.45, 7) is 4.98. The number of nitrogens with zero attached hydrogens (tertiary/aromatic N) is 2. The van der Waals surface area contributed by atoms with E-state index in [0.717, 1.165) is 53.8 Å². The summed E-state index contributed by atoms with van der Waals surface area (Å²) in [6.07, 6.45) is 2.29. The Labute approximate surface area is 186 Å². The fourth-order valence-corrected chi connectivity index (χ4v) is 4.77. The van der Waals surface area contributed by atoms with E-state index in [9.17, 15) is 4.79 Å². The number of piperidine rings is 1. The van der Waals surface area contributed by atoms with Crippen LogP contribution in [0.2, 0.25) is 5.02 Å². The molecule has 1 aliphatic heterocycles. The van der Waals surface area contributed by atoms with Gasteiger partial charge >= 0.3 is 0 Å². The molecule has 3 aromatic rings. The smallest absolute Gasteiger partial charge is 0.226 e. The summed E-state index contributed by atoms with van der Waals surface area (Å²) in [6, 6.07) is 16.6. The van der Waals surface area contributed by atoms with Crippen molar-refractivity contribution in [3.05, 3.63) is 75.8 Å². The molecule has 0 atom stereocenters. The Hall–Kier alpha value is -2.21. The van der Waals surface area contributed by atoms with Crippen LogP contribution in [-0.2, 0) is 17.8 Å². The predicted molar refractivity (Wildman–Crippen MR) is 124 cm³/mol. The Kier molecular flexibility index (Phi) is 6.82. The van der Waals surface area contributed by atoms with Crippen molar-refractivity contribution < 1.29 is 4.79 Å². The first kappa shape index (κ1) is 21.0. The van der Waals surface area contributed by atoms with E-state index in [1.54, 1.807) is 11.3 Å². The van der Waals surface area contributed by atoms with Gasteiger partial charge in [-0.25, -0.2) is 4.98 Å². The van der Waals surface area contributed by atoms with Crippen molar-refractivity contribution in [3.63, 3.8) is 0 Å². The SMILES string of the molecule is Cc1cccc(-c2nc(CC(=O)NC3CCN(Cc4ccc(Cl)cc4)CC3)cs2)c1. The molecule has 0 saturated carbocycles. The van der Waals surface area contributed by atoms with Crippen LogP contribution < -0.4 is 5.32 Å². The Balaban J connectivity index is 1.24. The molecule has 0 spiro atoms. The number of hydrogen-bond acceptors (Lipinski definition) is 4. The predicted octanol–water partition coefficient (Wildman–Crippen LogP) is 5.10. The van der Waals surface area contributed by atoms with Gasteiger partial charge in [0.2, 0.25) is 5.91 Å². The second-order valence-electron chi connectivity index (χ2n) is 7.93. The number of aryl methyl sites for hydroxylation is 1. The first-order valence-electron chi connectivity index (χ1n) is 10.3. The number of carbonyl (C=O) groups excluding carboxylic acids is 1. The number of likely N-dealkylation sites (tertiary alicyclic amines) is 1. The van der Waals surface area contributed by atoms with E-state index >= 15 is 0 Å². The molecule has 30 heavy (non-hydrogen) atoms. The van der Waals surface area contributed by atoms with Gasteiger partial charge in [-0.1, -0.05) is 47.5 Å². The molecule has 1 aromatic heterocycles. The summed E-state index contributed by atoms with van der Waals surface area (Å²) in [5, 5.41) is 6.93. The van der Waals surface area contributed by atoms with Crippen LogP contribution in [0.4, 0.5) is 0 Å². The van der Waals surface area contributed by atoms with Gasteiger partial charge in [-0.15, -0.1) is 11.3 Å². The highest BCUT2D eigenvalue weighted by molar-refractivity contribution is 7.13. The first-order chi connectivity index (χ1) is 14.5. The van der Waals surface area contributed by atoms with E-state index in [1.807, 2.05) is 23.6 Å². The van der Waals surface area contributed by atoms with Crippen molar-refractivity contribution in [2.24, 2.45) is 0 Å². The van der Waals surface area contributed by atoms with E-state index < -0.39 is 0 Å². The van der Waals surface area contributed by atoms with Gasteiger partial charge in [0, 0.05) is 41.6 Å². The fraction of sp³-hybridized carbons (Fsp3) is 0.333. The van der Waals surface area contributed by atoms with Gasteiger partial charge in [0.1, 0.15) is 5.01 Å². The number of nitrogens with one attached hydrogen (secondary N) is 1. The number of rotatable bonds is 6. The van der Waals surface area contributed by atoms with Gasteiger partial charge in [-0.3, -0.25) is 9.69 Å². The van der Waals surface area contributed by atoms with Crippen LogP contribution in [-0.4, -0.2) is 34.9 Å². The van der Waals surface area contributed by atoms with Crippen molar-refractivity contribution in [3.8, 4) is 10.6 Å². The maximum Gasteiger partial charge on any atom is 0.226 e. The Morgan fingerprint density at radius 1 is 1.20 bits per heavy atom. The molecular weight excluding hydrogens is 414 g/mol. The van der Waals surface area contributed by atoms with Crippen LogP contribution in [0.15, 0.2) is 53.9 Å². The molecule has 1 fully saturated rings. The van der Waals surface area contributed by atoms with E-state index in [-0.39, 0.29) is 11.9 Å². The highest BCUT2D eigenvalue weighted by Crippen LogP contribution is 2.24. The third-order valence-corrected chi connectivity index (χ3v) is 6.62. The minimum Gasteiger partial charge on any atom is -0.353 e. The molecule has 1 amide bonds. The number of hydrogen-bond donors (Lipinski definition) is 1. The summed E-state index contributed by atoms with van der Waals surface area (Å²) in [5.41, 5.74) is 4.44. The second-order valence-corrected chi connectivity index (χ2v) is 9.23. The topological polar surface area (TPSA) is 45.2 Å². The molecule has 0 radical (unpaired) electrons. The van der Waals surface area contributed by atoms with Crippen LogP contribution >= 0.6 is 22.9 Å². The van der Waals surface area contributed by atoms with Crippen LogP contribution in [0.5, 0.6) is 0 Å². The number of amides is 1. The molecule has 2 heterocycles. The number of benzene rings is 2. The summed E-state index contributed by atoms with van der Waals surface area (Å²) >= 11 is 7.56. The van der Waals surface area contributed by atoms with Gasteiger partial charge in [0.05, 0.1) is 12.1 Å². The Bertz CT molecular complexity index is 994. The van der Waals surface area contributed by atoms with Crippen LogP contribution in [0.3, 0.4) is 0 Å². The highest BCUT2D eigenvalue weighted by Gasteiger charge is 2.21. The third-order valence-electron chi connectivity index (χ3n) is 5.43. The standard InChI is InChI=1S/C24H26ClN3OS/c1-17-3-2-4-19(13-17)24-27-22(16-30-24)14-23(29)26-21-9-11-28(12-10-21)15-18-5-7-20(25)8-6-18/h2-8,13,16,21H,9-12,14-15H2,1H3,(H,26,29). The maximum absolute atomic E-state index is 12.5. The molecule has 4 rings (SSSR count). The zero-order valence-corrected chi connectivity index (χ0v) is 18.7. The normalized spacial score (nSPS) is 15.3. The molecule has 6 heteroatoms. The minimum absolute atomic E-state index is 0.0623. The molecule has 1 aliphatic rings. The van der Waals surface area contributed by atoms with Crippen LogP contribution in [0, 0.1) is 6.92 Å². The van der Waals surface area contributed by atoms with Crippen molar-refractivity contribution in [2.45, 2.75) is 38.8 Å². The van der Waals surface area contributed by atoms with Crippen molar-refractivity contribution >= 4 is 28.8 Å². The van der Waals surface area contributed by atoms with Gasteiger partial charge in [-0.05, 0) is 43.5 Å². The molecule has 4 nitrogen and oxygen atoms in total. The zero-order chi connectivity index (χ0) is 20.9. The number of aromatic nitrogens is 1. The molecule has 2 aromatic carbocycles. The number of thiazole rings is 1. The quantitative estimate of drug-likeness (QED) is 0.581. The molecule has 156 valence electrons. The molecule has 0 bridgehead atoms. The fourth-order valence-electron chi connectivity index (χ4n) is 3.83. The van der Waals surface area contributed by atoms with Crippen LogP contribution in [0.25, 0.3) is 10.6 Å². The van der Waals surface area contributed by atoms with Crippen molar-refractivity contribution in [1.82, 2.24) is 15.2 Å². The second kappa shape index (κ2) is 9.73. The van der Waals surface area contributed by atoms with E-state index in [0.29, 0.717) is 6.42 Å². The largest absolute Gasteiger partial charge is 0.353 e. The first-order valence-corrected chi connectivity index (χ1v) is 11.6.